The van der Waals surface area contributed by atoms with Gasteiger partial charge >= 0.3 is 7.12 Å². The molecule has 1 aliphatic heterocycles. The smallest absolute Gasteiger partial charge is 0.489 e. The summed E-state index contributed by atoms with van der Waals surface area (Å²) in [7, 11) is -0.465. The standard InChI is InChI=1S/C22H26BClO4/c1-15-11-19(10-9-17(15)12-25)26-13-18-7-6-8-20(16(18)2)23-27-21(3,4)22(5,14-24)28-23/h6-12H,13-14H2,1-5H3. The van der Waals surface area contributed by atoms with E-state index in [0.717, 1.165) is 34.2 Å². The molecule has 0 radical (unpaired) electrons. The quantitative estimate of drug-likeness (QED) is 0.414. The Labute approximate surface area is 172 Å². The zero-order valence-corrected chi connectivity index (χ0v) is 17.8. The highest BCUT2D eigenvalue weighted by atomic mass is 35.5. The zero-order chi connectivity index (χ0) is 20.5. The molecule has 0 aliphatic carbocycles. The molecule has 28 heavy (non-hydrogen) atoms. The first kappa shape index (κ1) is 20.9. The van der Waals surface area contributed by atoms with Crippen LogP contribution in [0.15, 0.2) is 36.4 Å². The maximum Gasteiger partial charge on any atom is 0.495 e. The van der Waals surface area contributed by atoms with E-state index >= 15 is 0 Å². The van der Waals surface area contributed by atoms with Crippen molar-refractivity contribution in [3.05, 3.63) is 58.7 Å². The highest BCUT2D eigenvalue weighted by Crippen LogP contribution is 2.38. The first-order valence-electron chi connectivity index (χ1n) is 9.39. The molecule has 0 saturated carbocycles. The van der Waals surface area contributed by atoms with Crippen molar-refractivity contribution in [1.82, 2.24) is 0 Å². The normalized spacial score (nSPS) is 21.0. The molecule has 0 N–H and O–H groups in total. The monoisotopic (exact) mass is 400 g/mol. The summed E-state index contributed by atoms with van der Waals surface area (Å²) < 4.78 is 18.4. The molecule has 1 fully saturated rings. The Balaban J connectivity index is 1.79. The second-order valence-electron chi connectivity index (χ2n) is 8.00. The van der Waals surface area contributed by atoms with Gasteiger partial charge in [0.05, 0.1) is 17.1 Å². The maximum absolute atomic E-state index is 11.0. The molecule has 2 aromatic carbocycles. The lowest BCUT2D eigenvalue weighted by atomic mass is 9.75. The van der Waals surface area contributed by atoms with Gasteiger partial charge < -0.3 is 14.0 Å². The molecule has 0 amide bonds. The molecule has 0 bridgehead atoms. The molecule has 1 unspecified atom stereocenters. The zero-order valence-electron chi connectivity index (χ0n) is 17.0. The van der Waals surface area contributed by atoms with E-state index in [2.05, 4.69) is 0 Å². The van der Waals surface area contributed by atoms with Gasteiger partial charge in [-0.25, -0.2) is 0 Å². The molecule has 1 aliphatic rings. The Kier molecular flexibility index (Phi) is 5.90. The van der Waals surface area contributed by atoms with Crippen LogP contribution < -0.4 is 10.2 Å². The van der Waals surface area contributed by atoms with Crippen LogP contribution in [0.3, 0.4) is 0 Å². The minimum absolute atomic E-state index is 0.356. The van der Waals surface area contributed by atoms with Gasteiger partial charge in [0.15, 0.2) is 0 Å². The minimum atomic E-state index is -0.560. The summed E-state index contributed by atoms with van der Waals surface area (Å²) in [6, 6.07) is 11.5. The molecule has 1 heterocycles. The van der Waals surface area contributed by atoms with E-state index in [0.29, 0.717) is 18.1 Å². The lowest BCUT2D eigenvalue weighted by molar-refractivity contribution is 0.00860. The summed E-state index contributed by atoms with van der Waals surface area (Å²) in [5.74, 6) is 1.09. The van der Waals surface area contributed by atoms with Crippen LogP contribution in [-0.4, -0.2) is 30.5 Å². The molecule has 3 rings (SSSR count). The van der Waals surface area contributed by atoms with E-state index < -0.39 is 18.3 Å². The lowest BCUT2D eigenvalue weighted by Crippen LogP contribution is -2.46. The van der Waals surface area contributed by atoms with Crippen LogP contribution in [0, 0.1) is 13.8 Å². The summed E-state index contributed by atoms with van der Waals surface area (Å²) in [6.07, 6.45) is 0.852. The van der Waals surface area contributed by atoms with Gasteiger partial charge in [-0.05, 0) is 75.0 Å². The fourth-order valence-corrected chi connectivity index (χ4v) is 3.64. The number of halogens is 1. The largest absolute Gasteiger partial charge is 0.495 e. The van der Waals surface area contributed by atoms with E-state index in [1.54, 1.807) is 6.07 Å². The van der Waals surface area contributed by atoms with Gasteiger partial charge in [-0.2, -0.15) is 0 Å². The molecule has 6 heteroatoms. The van der Waals surface area contributed by atoms with E-state index in [1.807, 2.05) is 65.0 Å². The van der Waals surface area contributed by atoms with Gasteiger partial charge in [0.1, 0.15) is 18.6 Å². The van der Waals surface area contributed by atoms with Crippen molar-refractivity contribution in [2.24, 2.45) is 0 Å². The number of carbonyl (C=O) groups is 1. The number of benzene rings is 2. The summed E-state index contributed by atoms with van der Waals surface area (Å²) >= 11 is 6.16. The van der Waals surface area contributed by atoms with Crippen molar-refractivity contribution in [2.45, 2.75) is 52.4 Å². The molecule has 0 aromatic heterocycles. The number of aryl methyl sites for hydroxylation is 1. The Hall–Kier alpha value is -1.82. The van der Waals surface area contributed by atoms with Crippen molar-refractivity contribution in [3.63, 3.8) is 0 Å². The third-order valence-electron chi connectivity index (χ3n) is 5.80. The third kappa shape index (κ3) is 3.84. The van der Waals surface area contributed by atoms with Gasteiger partial charge in [-0.1, -0.05) is 18.2 Å². The summed E-state index contributed by atoms with van der Waals surface area (Å²) in [5.41, 5.74) is 3.63. The van der Waals surface area contributed by atoms with Crippen LogP contribution in [0.4, 0.5) is 0 Å². The predicted molar refractivity (Wildman–Crippen MR) is 113 cm³/mol. The van der Waals surface area contributed by atoms with Crippen molar-refractivity contribution in [1.29, 1.82) is 0 Å². The Morgan fingerprint density at radius 3 is 2.50 bits per heavy atom. The first-order valence-corrected chi connectivity index (χ1v) is 9.93. The summed E-state index contributed by atoms with van der Waals surface area (Å²) in [6.45, 7) is 10.3. The number of rotatable bonds is 6. The van der Waals surface area contributed by atoms with Crippen LogP contribution in [-0.2, 0) is 15.9 Å². The van der Waals surface area contributed by atoms with Crippen molar-refractivity contribution >= 4 is 30.5 Å². The molecule has 4 nitrogen and oxygen atoms in total. The number of ether oxygens (including phenoxy) is 1. The van der Waals surface area contributed by atoms with Gasteiger partial charge in [0.25, 0.3) is 0 Å². The lowest BCUT2D eigenvalue weighted by Gasteiger charge is -2.34. The number of alkyl halides is 1. The third-order valence-corrected chi connectivity index (χ3v) is 6.31. The number of hydrogen-bond acceptors (Lipinski definition) is 4. The molecule has 0 spiro atoms. The van der Waals surface area contributed by atoms with E-state index in [4.69, 9.17) is 25.6 Å². The highest BCUT2D eigenvalue weighted by Gasteiger charge is 2.54. The van der Waals surface area contributed by atoms with Gasteiger partial charge in [0.2, 0.25) is 0 Å². The van der Waals surface area contributed by atoms with E-state index in [-0.39, 0.29) is 0 Å². The molecule has 148 valence electrons. The predicted octanol–water partition coefficient (Wildman–Crippen LogP) is 4.21. The average molecular weight is 401 g/mol. The molecular formula is C22H26BClO4. The fourth-order valence-electron chi connectivity index (χ4n) is 3.26. The van der Waals surface area contributed by atoms with Crippen LogP contribution in [0.25, 0.3) is 0 Å². The Morgan fingerprint density at radius 1 is 1.14 bits per heavy atom. The van der Waals surface area contributed by atoms with Crippen LogP contribution in [0.5, 0.6) is 5.75 Å². The van der Waals surface area contributed by atoms with Gasteiger partial charge in [0, 0.05) is 5.56 Å². The summed E-state index contributed by atoms with van der Waals surface area (Å²) in [5, 5.41) is 0. The average Bonchev–Trinajstić information content (AvgIpc) is 2.90. The van der Waals surface area contributed by atoms with Crippen LogP contribution in [0.1, 0.15) is 47.8 Å². The minimum Gasteiger partial charge on any atom is -0.489 e. The van der Waals surface area contributed by atoms with Crippen molar-refractivity contribution in [3.8, 4) is 5.75 Å². The second kappa shape index (κ2) is 7.90. The van der Waals surface area contributed by atoms with Gasteiger partial charge in [-0.15, -0.1) is 11.6 Å². The maximum atomic E-state index is 11.0. The first-order chi connectivity index (χ1) is 13.2. The molecule has 2 aromatic rings. The Morgan fingerprint density at radius 2 is 1.89 bits per heavy atom. The number of hydrogen-bond donors (Lipinski definition) is 0. The molecular weight excluding hydrogens is 375 g/mol. The van der Waals surface area contributed by atoms with Crippen LogP contribution >= 0.6 is 11.6 Å². The highest BCUT2D eigenvalue weighted by molar-refractivity contribution is 6.62. The number of carbonyl (C=O) groups excluding carboxylic acids is 1. The van der Waals surface area contributed by atoms with Gasteiger partial charge in [-0.3, -0.25) is 4.79 Å². The summed E-state index contributed by atoms with van der Waals surface area (Å²) in [4.78, 5) is 11.0. The van der Waals surface area contributed by atoms with E-state index in [9.17, 15) is 4.79 Å². The molecule has 1 saturated heterocycles. The topological polar surface area (TPSA) is 44.8 Å². The van der Waals surface area contributed by atoms with Crippen molar-refractivity contribution < 1.29 is 18.8 Å². The fraction of sp³-hybridized carbons (Fsp3) is 0.409. The van der Waals surface area contributed by atoms with Crippen molar-refractivity contribution in [2.75, 3.05) is 5.88 Å². The second-order valence-corrected chi connectivity index (χ2v) is 8.27. The Bertz CT molecular complexity index is 883. The number of aldehydes is 1. The SMILES string of the molecule is Cc1cc(OCc2cccc(B3OC(C)(C)C(C)(CCl)O3)c2C)ccc1C=O. The van der Waals surface area contributed by atoms with Crippen LogP contribution in [0.2, 0.25) is 0 Å². The van der Waals surface area contributed by atoms with E-state index in [1.165, 1.54) is 0 Å². The molecule has 1 atom stereocenters.